The minimum atomic E-state index is -0.115. The molecule has 2 aromatic heterocycles. The average molecular weight is 430 g/mol. The Bertz CT molecular complexity index is 954. The third-order valence-electron chi connectivity index (χ3n) is 3.81. The number of nitrogens with one attached hydrogen (secondary N) is 3. The first-order valence-electron chi connectivity index (χ1n) is 8.44. The van der Waals surface area contributed by atoms with Crippen LogP contribution in [0.5, 0.6) is 0 Å². The number of guanidine groups is 1. The number of carbonyl (C=O) groups is 1. The third kappa shape index (κ3) is 5.04. The van der Waals surface area contributed by atoms with E-state index < -0.39 is 0 Å². The number of pyridine rings is 1. The van der Waals surface area contributed by atoms with Gasteiger partial charge in [0.1, 0.15) is 0 Å². The van der Waals surface area contributed by atoms with Gasteiger partial charge in [0.15, 0.2) is 17.4 Å². The van der Waals surface area contributed by atoms with Crippen molar-refractivity contribution in [3.8, 4) is 0 Å². The van der Waals surface area contributed by atoms with E-state index >= 15 is 0 Å². The standard InChI is InChI=1S/C18H20BrN7O/c1-20-18(23-12-16-25-24-15-7-2-3-10-26(15)16)22-9-8-21-17(27)13-5-4-6-14(19)11-13/h2-7,10-11H,8-9,12H2,1H3,(H,21,27)(H2,20,22,23). The van der Waals surface area contributed by atoms with Crippen molar-refractivity contribution in [3.63, 3.8) is 0 Å². The van der Waals surface area contributed by atoms with Crippen molar-refractivity contribution in [3.05, 3.63) is 64.5 Å². The molecule has 8 nitrogen and oxygen atoms in total. The van der Waals surface area contributed by atoms with Crippen LogP contribution >= 0.6 is 15.9 Å². The highest BCUT2D eigenvalue weighted by molar-refractivity contribution is 9.10. The predicted octanol–water partition coefficient (Wildman–Crippen LogP) is 1.59. The minimum absolute atomic E-state index is 0.115. The summed E-state index contributed by atoms with van der Waals surface area (Å²) in [5, 5.41) is 17.5. The van der Waals surface area contributed by atoms with Gasteiger partial charge in [-0.15, -0.1) is 10.2 Å². The summed E-state index contributed by atoms with van der Waals surface area (Å²) in [4.78, 5) is 16.3. The van der Waals surface area contributed by atoms with E-state index in [4.69, 9.17) is 0 Å². The third-order valence-corrected chi connectivity index (χ3v) is 4.30. The van der Waals surface area contributed by atoms with E-state index in [0.29, 0.717) is 31.2 Å². The van der Waals surface area contributed by atoms with Crippen LogP contribution in [-0.2, 0) is 6.54 Å². The first kappa shape index (κ1) is 18.8. The lowest BCUT2D eigenvalue weighted by Gasteiger charge is -2.12. The summed E-state index contributed by atoms with van der Waals surface area (Å²) in [7, 11) is 1.69. The SMILES string of the molecule is CN=C(NCCNC(=O)c1cccc(Br)c1)NCc1nnc2ccccn12. The molecule has 9 heteroatoms. The lowest BCUT2D eigenvalue weighted by Crippen LogP contribution is -2.41. The molecule has 0 fully saturated rings. The molecule has 3 aromatic rings. The summed E-state index contributed by atoms with van der Waals surface area (Å²) in [5.74, 6) is 1.30. The molecule has 0 aliphatic carbocycles. The first-order valence-corrected chi connectivity index (χ1v) is 9.23. The summed E-state index contributed by atoms with van der Waals surface area (Å²) in [6.07, 6.45) is 1.92. The van der Waals surface area contributed by atoms with Crippen LogP contribution in [0.4, 0.5) is 0 Å². The Morgan fingerprint density at radius 2 is 1.96 bits per heavy atom. The van der Waals surface area contributed by atoms with Crippen molar-refractivity contribution in [1.29, 1.82) is 0 Å². The maximum atomic E-state index is 12.1. The van der Waals surface area contributed by atoms with Gasteiger partial charge < -0.3 is 16.0 Å². The van der Waals surface area contributed by atoms with Gasteiger partial charge in [0, 0.05) is 36.4 Å². The predicted molar refractivity (Wildman–Crippen MR) is 108 cm³/mol. The minimum Gasteiger partial charge on any atom is -0.355 e. The fraction of sp³-hybridized carbons (Fsp3) is 0.222. The van der Waals surface area contributed by atoms with E-state index in [1.54, 1.807) is 19.2 Å². The second-order valence-corrected chi connectivity index (χ2v) is 6.58. The summed E-state index contributed by atoms with van der Waals surface area (Å²) >= 11 is 3.36. The van der Waals surface area contributed by atoms with Crippen LogP contribution in [0.25, 0.3) is 5.65 Å². The largest absolute Gasteiger partial charge is 0.355 e. The summed E-state index contributed by atoms with van der Waals surface area (Å²) in [5.41, 5.74) is 1.41. The zero-order valence-corrected chi connectivity index (χ0v) is 16.4. The van der Waals surface area contributed by atoms with E-state index in [1.807, 2.05) is 40.9 Å². The fourth-order valence-electron chi connectivity index (χ4n) is 2.48. The van der Waals surface area contributed by atoms with Crippen molar-refractivity contribution < 1.29 is 4.79 Å². The highest BCUT2D eigenvalue weighted by atomic mass is 79.9. The molecule has 0 aliphatic rings. The number of carbonyl (C=O) groups excluding carboxylic acids is 1. The molecule has 0 unspecified atom stereocenters. The molecule has 0 radical (unpaired) electrons. The monoisotopic (exact) mass is 429 g/mol. The number of hydrogen-bond donors (Lipinski definition) is 3. The molecule has 27 heavy (non-hydrogen) atoms. The Hall–Kier alpha value is -2.94. The van der Waals surface area contributed by atoms with Crippen LogP contribution in [0.2, 0.25) is 0 Å². The van der Waals surface area contributed by atoms with Crippen LogP contribution in [-0.4, -0.2) is 46.6 Å². The molecule has 3 rings (SSSR count). The highest BCUT2D eigenvalue weighted by Gasteiger charge is 2.07. The zero-order valence-electron chi connectivity index (χ0n) is 14.8. The Kier molecular flexibility index (Phi) is 6.37. The Labute approximate surface area is 165 Å². The number of rotatable bonds is 6. The van der Waals surface area contributed by atoms with Crippen LogP contribution < -0.4 is 16.0 Å². The van der Waals surface area contributed by atoms with E-state index in [2.05, 4.69) is 47.1 Å². The van der Waals surface area contributed by atoms with Crippen LogP contribution in [0, 0.1) is 0 Å². The van der Waals surface area contributed by atoms with Gasteiger partial charge in [0.05, 0.1) is 6.54 Å². The fourth-order valence-corrected chi connectivity index (χ4v) is 2.88. The molecule has 0 atom stereocenters. The summed E-state index contributed by atoms with van der Waals surface area (Å²) < 4.78 is 2.79. The van der Waals surface area contributed by atoms with Gasteiger partial charge in [0.2, 0.25) is 0 Å². The Morgan fingerprint density at radius 3 is 2.78 bits per heavy atom. The van der Waals surface area contributed by atoms with Crippen LogP contribution in [0.15, 0.2) is 58.1 Å². The normalized spacial score (nSPS) is 11.4. The van der Waals surface area contributed by atoms with Crippen LogP contribution in [0.1, 0.15) is 16.2 Å². The molecule has 0 aliphatic heterocycles. The number of amides is 1. The van der Waals surface area contributed by atoms with Crippen molar-refractivity contribution in [2.75, 3.05) is 20.1 Å². The number of aromatic nitrogens is 3. The first-order chi connectivity index (χ1) is 13.2. The van der Waals surface area contributed by atoms with Gasteiger partial charge in [-0.3, -0.25) is 14.2 Å². The Morgan fingerprint density at radius 1 is 1.11 bits per heavy atom. The van der Waals surface area contributed by atoms with Crippen LogP contribution in [0.3, 0.4) is 0 Å². The summed E-state index contributed by atoms with van der Waals surface area (Å²) in [6, 6.07) is 13.0. The number of halogens is 1. The van der Waals surface area contributed by atoms with E-state index in [1.165, 1.54) is 0 Å². The molecule has 3 N–H and O–H groups in total. The number of aliphatic imine (C=N–C) groups is 1. The van der Waals surface area contributed by atoms with Gasteiger partial charge in [0.25, 0.3) is 5.91 Å². The molecule has 0 saturated carbocycles. The molecule has 0 bridgehead atoms. The molecule has 0 saturated heterocycles. The molecule has 1 amide bonds. The number of nitrogens with zero attached hydrogens (tertiary/aromatic N) is 4. The highest BCUT2D eigenvalue weighted by Crippen LogP contribution is 2.11. The second kappa shape index (κ2) is 9.13. The van der Waals surface area contributed by atoms with E-state index in [9.17, 15) is 4.79 Å². The number of benzene rings is 1. The average Bonchev–Trinajstić information content (AvgIpc) is 3.10. The van der Waals surface area contributed by atoms with Gasteiger partial charge >= 0.3 is 0 Å². The molecule has 2 heterocycles. The smallest absolute Gasteiger partial charge is 0.251 e. The molecule has 0 spiro atoms. The number of hydrogen-bond acceptors (Lipinski definition) is 4. The van der Waals surface area contributed by atoms with Crippen molar-refractivity contribution in [2.45, 2.75) is 6.54 Å². The topological polar surface area (TPSA) is 95.7 Å². The number of fused-ring (bicyclic) bond motifs is 1. The van der Waals surface area contributed by atoms with Gasteiger partial charge in [-0.1, -0.05) is 28.1 Å². The zero-order chi connectivity index (χ0) is 19.1. The van der Waals surface area contributed by atoms with Gasteiger partial charge in [-0.25, -0.2) is 0 Å². The van der Waals surface area contributed by atoms with Crippen molar-refractivity contribution in [2.24, 2.45) is 4.99 Å². The van der Waals surface area contributed by atoms with Gasteiger partial charge in [-0.05, 0) is 30.3 Å². The summed E-state index contributed by atoms with van der Waals surface area (Å²) in [6.45, 7) is 1.50. The molecule has 1 aromatic carbocycles. The molecule has 140 valence electrons. The lowest BCUT2D eigenvalue weighted by atomic mass is 10.2. The lowest BCUT2D eigenvalue weighted by molar-refractivity contribution is 0.0954. The van der Waals surface area contributed by atoms with Crippen molar-refractivity contribution >= 4 is 33.4 Å². The quantitative estimate of drug-likeness (QED) is 0.314. The maximum absolute atomic E-state index is 12.1. The molecular formula is C18H20BrN7O. The van der Waals surface area contributed by atoms with Crippen molar-refractivity contribution in [1.82, 2.24) is 30.5 Å². The second-order valence-electron chi connectivity index (χ2n) is 5.66. The van der Waals surface area contributed by atoms with E-state index in [0.717, 1.165) is 15.9 Å². The van der Waals surface area contributed by atoms with E-state index in [-0.39, 0.29) is 5.91 Å². The Balaban J connectivity index is 1.43. The van der Waals surface area contributed by atoms with Gasteiger partial charge in [-0.2, -0.15) is 0 Å². The maximum Gasteiger partial charge on any atom is 0.251 e. The molecular weight excluding hydrogens is 410 g/mol.